The molecular weight excluding hydrogens is 250 g/mol. The van der Waals surface area contributed by atoms with Crippen LogP contribution in [0.25, 0.3) is 0 Å². The van der Waals surface area contributed by atoms with Gasteiger partial charge in [0.15, 0.2) is 0 Å². The van der Waals surface area contributed by atoms with E-state index < -0.39 is 0 Å². The fourth-order valence-corrected chi connectivity index (χ4v) is 2.73. The molecule has 0 aromatic heterocycles. The molecule has 2 rings (SSSR count). The van der Waals surface area contributed by atoms with Crippen molar-refractivity contribution in [2.24, 2.45) is 5.92 Å². The summed E-state index contributed by atoms with van der Waals surface area (Å²) < 4.78 is 5.30. The lowest BCUT2D eigenvalue weighted by Gasteiger charge is -2.16. The maximum absolute atomic E-state index is 9.75. The van der Waals surface area contributed by atoms with Crippen molar-refractivity contribution < 1.29 is 9.84 Å². The summed E-state index contributed by atoms with van der Waals surface area (Å²) in [4.78, 5) is 0. The molecule has 3 nitrogen and oxygen atoms in total. The van der Waals surface area contributed by atoms with Gasteiger partial charge < -0.3 is 15.2 Å². The summed E-state index contributed by atoms with van der Waals surface area (Å²) in [5.74, 6) is 1.23. The second-order valence-corrected chi connectivity index (χ2v) is 5.28. The van der Waals surface area contributed by atoms with E-state index >= 15 is 0 Å². The lowest BCUT2D eigenvalue weighted by Crippen LogP contribution is -2.27. The van der Waals surface area contributed by atoms with E-state index in [-0.39, 0.29) is 6.10 Å². The van der Waals surface area contributed by atoms with Crippen LogP contribution < -0.4 is 10.1 Å². The van der Waals surface area contributed by atoms with Gasteiger partial charge in [0.25, 0.3) is 0 Å². The number of methoxy groups -OCH3 is 1. The van der Waals surface area contributed by atoms with Gasteiger partial charge in [0.05, 0.1) is 13.2 Å². The van der Waals surface area contributed by atoms with Crippen molar-refractivity contribution in [1.29, 1.82) is 0 Å². The summed E-state index contributed by atoms with van der Waals surface area (Å²) in [6.07, 6.45) is 3.04. The maximum atomic E-state index is 9.75. The molecule has 2 N–H and O–H groups in total. The van der Waals surface area contributed by atoms with Gasteiger partial charge in [0.1, 0.15) is 5.75 Å². The normalized spacial score (nSPS) is 23.3. The molecule has 1 saturated carbocycles. The highest BCUT2D eigenvalue weighted by Gasteiger charge is 2.24. The Morgan fingerprint density at radius 3 is 2.94 bits per heavy atom. The molecule has 1 aliphatic carbocycles. The Bertz CT molecular complexity index is 397. The average molecular weight is 270 g/mol. The number of benzene rings is 1. The molecule has 1 aromatic rings. The zero-order valence-electron chi connectivity index (χ0n) is 10.7. The quantitative estimate of drug-likeness (QED) is 0.863. The van der Waals surface area contributed by atoms with E-state index in [1.165, 1.54) is 0 Å². The molecule has 0 spiro atoms. The summed E-state index contributed by atoms with van der Waals surface area (Å²) >= 11 is 5.98. The van der Waals surface area contributed by atoms with Crippen molar-refractivity contribution >= 4 is 11.6 Å². The standard InChI is InChI=1S/C14H20ClNO2/c1-18-14-6-5-12(15)7-11(14)9-16-8-10-3-2-4-13(10)17/h5-7,10,13,16-17H,2-4,8-9H2,1H3. The topological polar surface area (TPSA) is 41.5 Å². The monoisotopic (exact) mass is 269 g/mol. The van der Waals surface area contributed by atoms with Crippen LogP contribution in [0, 0.1) is 5.92 Å². The van der Waals surface area contributed by atoms with E-state index in [9.17, 15) is 5.11 Å². The summed E-state index contributed by atoms with van der Waals surface area (Å²) in [7, 11) is 1.66. The van der Waals surface area contributed by atoms with Gasteiger partial charge in [-0.15, -0.1) is 0 Å². The second kappa shape index (κ2) is 6.41. The second-order valence-electron chi connectivity index (χ2n) is 4.85. The number of hydrogen-bond donors (Lipinski definition) is 2. The third kappa shape index (κ3) is 3.37. The van der Waals surface area contributed by atoms with Gasteiger partial charge in [-0.25, -0.2) is 0 Å². The van der Waals surface area contributed by atoms with Crippen LogP contribution in [0.3, 0.4) is 0 Å². The van der Waals surface area contributed by atoms with Crippen LogP contribution in [0.15, 0.2) is 18.2 Å². The number of hydrogen-bond acceptors (Lipinski definition) is 3. The number of halogens is 1. The third-order valence-electron chi connectivity index (χ3n) is 3.58. The zero-order chi connectivity index (χ0) is 13.0. The summed E-state index contributed by atoms with van der Waals surface area (Å²) in [5.41, 5.74) is 1.05. The van der Waals surface area contributed by atoms with Gasteiger partial charge in [-0.2, -0.15) is 0 Å². The smallest absolute Gasteiger partial charge is 0.123 e. The molecule has 0 bridgehead atoms. The van der Waals surface area contributed by atoms with Crippen LogP contribution in [0.4, 0.5) is 0 Å². The van der Waals surface area contributed by atoms with Crippen LogP contribution in [0.5, 0.6) is 5.75 Å². The molecule has 2 atom stereocenters. The first-order valence-electron chi connectivity index (χ1n) is 6.42. The molecule has 1 aromatic carbocycles. The van der Waals surface area contributed by atoms with Gasteiger partial charge >= 0.3 is 0 Å². The zero-order valence-corrected chi connectivity index (χ0v) is 11.4. The summed E-state index contributed by atoms with van der Waals surface area (Å²) in [5, 5.41) is 13.8. The molecule has 0 amide bonds. The molecule has 1 aliphatic rings. The lowest BCUT2D eigenvalue weighted by atomic mass is 10.1. The van der Waals surface area contributed by atoms with E-state index in [0.717, 1.165) is 37.1 Å². The van der Waals surface area contributed by atoms with E-state index in [0.29, 0.717) is 17.5 Å². The highest BCUT2D eigenvalue weighted by atomic mass is 35.5. The SMILES string of the molecule is COc1ccc(Cl)cc1CNCC1CCCC1O. The van der Waals surface area contributed by atoms with Gasteiger partial charge in [-0.3, -0.25) is 0 Å². The summed E-state index contributed by atoms with van der Waals surface area (Å²) in [6.45, 7) is 1.56. The number of aliphatic hydroxyl groups excluding tert-OH is 1. The Kier molecular flexibility index (Phi) is 4.87. The van der Waals surface area contributed by atoms with Crippen molar-refractivity contribution in [2.45, 2.75) is 31.9 Å². The fraction of sp³-hybridized carbons (Fsp3) is 0.571. The fourth-order valence-electron chi connectivity index (χ4n) is 2.53. The Hall–Kier alpha value is -0.770. The number of rotatable bonds is 5. The number of aliphatic hydroxyl groups is 1. The first-order chi connectivity index (χ1) is 8.70. The molecule has 0 heterocycles. The molecule has 4 heteroatoms. The molecule has 2 unspecified atom stereocenters. The van der Waals surface area contributed by atoms with Crippen LogP contribution in [0.1, 0.15) is 24.8 Å². The molecule has 0 aliphatic heterocycles. The number of nitrogens with one attached hydrogen (secondary N) is 1. The van der Waals surface area contributed by atoms with Gasteiger partial charge in [0, 0.05) is 23.7 Å². The highest BCUT2D eigenvalue weighted by Crippen LogP contribution is 2.25. The minimum absolute atomic E-state index is 0.140. The van der Waals surface area contributed by atoms with Gasteiger partial charge in [0.2, 0.25) is 0 Å². The Labute approximate surface area is 113 Å². The van der Waals surface area contributed by atoms with Gasteiger partial charge in [-0.05, 0) is 37.0 Å². The Morgan fingerprint density at radius 1 is 1.44 bits per heavy atom. The third-order valence-corrected chi connectivity index (χ3v) is 3.82. The van der Waals surface area contributed by atoms with E-state index in [1.807, 2.05) is 18.2 Å². The number of ether oxygens (including phenoxy) is 1. The van der Waals surface area contributed by atoms with E-state index in [2.05, 4.69) is 5.32 Å². The first-order valence-corrected chi connectivity index (χ1v) is 6.79. The predicted octanol–water partition coefficient (Wildman–Crippen LogP) is 2.60. The Balaban J connectivity index is 1.87. The molecule has 18 heavy (non-hydrogen) atoms. The van der Waals surface area contributed by atoms with Crippen molar-refractivity contribution in [3.63, 3.8) is 0 Å². The maximum Gasteiger partial charge on any atom is 0.123 e. The van der Waals surface area contributed by atoms with Crippen LogP contribution in [-0.2, 0) is 6.54 Å². The minimum Gasteiger partial charge on any atom is -0.496 e. The van der Waals surface area contributed by atoms with Gasteiger partial charge in [-0.1, -0.05) is 18.0 Å². The lowest BCUT2D eigenvalue weighted by molar-refractivity contribution is 0.131. The van der Waals surface area contributed by atoms with Crippen molar-refractivity contribution in [3.8, 4) is 5.75 Å². The molecular formula is C14H20ClNO2. The molecule has 0 saturated heterocycles. The summed E-state index contributed by atoms with van der Waals surface area (Å²) in [6, 6.07) is 5.62. The molecule has 100 valence electrons. The van der Waals surface area contributed by atoms with Crippen LogP contribution in [0.2, 0.25) is 5.02 Å². The van der Waals surface area contributed by atoms with Crippen LogP contribution in [-0.4, -0.2) is 24.9 Å². The first kappa shape index (κ1) is 13.7. The average Bonchev–Trinajstić information content (AvgIpc) is 2.76. The van der Waals surface area contributed by atoms with Crippen molar-refractivity contribution in [1.82, 2.24) is 5.32 Å². The molecule has 0 radical (unpaired) electrons. The van der Waals surface area contributed by atoms with Crippen molar-refractivity contribution in [3.05, 3.63) is 28.8 Å². The minimum atomic E-state index is -0.140. The highest BCUT2D eigenvalue weighted by molar-refractivity contribution is 6.30. The Morgan fingerprint density at radius 2 is 2.28 bits per heavy atom. The predicted molar refractivity (Wildman–Crippen MR) is 73.1 cm³/mol. The van der Waals surface area contributed by atoms with Crippen LogP contribution >= 0.6 is 11.6 Å². The molecule has 1 fully saturated rings. The largest absolute Gasteiger partial charge is 0.496 e. The van der Waals surface area contributed by atoms with E-state index in [1.54, 1.807) is 7.11 Å². The van der Waals surface area contributed by atoms with E-state index in [4.69, 9.17) is 16.3 Å². The van der Waals surface area contributed by atoms with Crippen molar-refractivity contribution in [2.75, 3.05) is 13.7 Å².